The predicted octanol–water partition coefficient (Wildman–Crippen LogP) is 2.96. The molecule has 3 aromatic rings. The number of guanidine groups is 1. The second-order valence-corrected chi connectivity index (χ2v) is 8.14. The van der Waals surface area contributed by atoms with Crippen molar-refractivity contribution in [1.82, 2.24) is 15.2 Å². The minimum atomic E-state index is -0.0318. The number of carbonyl (C=O) groups excluding carboxylic acids is 1. The molecule has 0 unspecified atom stereocenters. The van der Waals surface area contributed by atoms with Gasteiger partial charge in [-0.3, -0.25) is 10.2 Å². The minimum Gasteiger partial charge on any atom is -0.383 e. The minimum absolute atomic E-state index is 0.0112. The second kappa shape index (κ2) is 9.16. The van der Waals surface area contributed by atoms with Crippen LogP contribution in [0.3, 0.4) is 0 Å². The summed E-state index contributed by atoms with van der Waals surface area (Å²) in [7, 11) is 0. The zero-order valence-corrected chi connectivity index (χ0v) is 18.1. The van der Waals surface area contributed by atoms with Crippen LogP contribution >= 0.6 is 11.6 Å². The summed E-state index contributed by atoms with van der Waals surface area (Å²) in [5, 5.41) is 12.6. The molecule has 0 aliphatic carbocycles. The van der Waals surface area contributed by atoms with E-state index in [-0.39, 0.29) is 17.9 Å². The summed E-state index contributed by atoms with van der Waals surface area (Å²) < 4.78 is 0. The number of rotatable bonds is 2. The molecule has 6 N–H and O–H groups in total. The maximum Gasteiger partial charge on any atom is 0.253 e. The average molecular weight is 447 g/mol. The molecule has 1 fully saturated rings. The van der Waals surface area contributed by atoms with Gasteiger partial charge in [0.05, 0.1) is 5.56 Å². The molecule has 32 heavy (non-hydrogen) atoms. The van der Waals surface area contributed by atoms with Crippen LogP contribution in [0.1, 0.15) is 34.3 Å². The summed E-state index contributed by atoms with van der Waals surface area (Å²) in [5.74, 6) is 6.52. The zero-order chi connectivity index (χ0) is 22.7. The number of nitrogens with two attached hydrogens (primary N) is 2. The highest BCUT2D eigenvalue weighted by molar-refractivity contribution is 6.31. The lowest BCUT2D eigenvalue weighted by Gasteiger charge is -2.32. The van der Waals surface area contributed by atoms with Crippen LogP contribution in [0.15, 0.2) is 48.7 Å². The molecule has 2 aromatic carbocycles. The maximum absolute atomic E-state index is 12.8. The second-order valence-electron chi connectivity index (χ2n) is 7.70. The van der Waals surface area contributed by atoms with Gasteiger partial charge in [0.2, 0.25) is 0 Å². The van der Waals surface area contributed by atoms with E-state index in [2.05, 4.69) is 22.1 Å². The largest absolute Gasteiger partial charge is 0.383 e. The van der Waals surface area contributed by atoms with Gasteiger partial charge in [0.15, 0.2) is 5.96 Å². The van der Waals surface area contributed by atoms with E-state index < -0.39 is 0 Å². The number of nitrogens with zero attached hydrogens (tertiary/aromatic N) is 2. The lowest BCUT2D eigenvalue weighted by atomic mass is 10.0. The zero-order valence-electron chi connectivity index (χ0n) is 17.4. The first-order valence-electron chi connectivity index (χ1n) is 10.3. The molecule has 1 aliphatic rings. The van der Waals surface area contributed by atoms with E-state index in [1.807, 2.05) is 29.2 Å². The Labute approximate surface area is 191 Å². The SMILES string of the molecule is N=C(N)NC1CCN(C(=O)c2ccc(C#Cc3c(N)ncc4ccc(Cl)cc34)cc2)CC1. The summed E-state index contributed by atoms with van der Waals surface area (Å²) in [6, 6.07) is 12.9. The molecule has 1 amide bonds. The summed E-state index contributed by atoms with van der Waals surface area (Å²) in [5.41, 5.74) is 13.5. The number of hydrogen-bond acceptors (Lipinski definition) is 4. The molecule has 1 aliphatic heterocycles. The van der Waals surface area contributed by atoms with E-state index in [0.29, 0.717) is 35.1 Å². The normalized spacial score (nSPS) is 14.0. The number of benzene rings is 2. The van der Waals surface area contributed by atoms with Crippen LogP contribution in [0, 0.1) is 17.3 Å². The van der Waals surface area contributed by atoms with Gasteiger partial charge in [0.25, 0.3) is 5.91 Å². The molecule has 1 aromatic heterocycles. The Kier molecular flexibility index (Phi) is 6.15. The molecule has 8 heteroatoms. The third kappa shape index (κ3) is 4.76. The van der Waals surface area contributed by atoms with Gasteiger partial charge in [0, 0.05) is 52.3 Å². The predicted molar refractivity (Wildman–Crippen MR) is 128 cm³/mol. The van der Waals surface area contributed by atoms with Gasteiger partial charge >= 0.3 is 0 Å². The van der Waals surface area contributed by atoms with Gasteiger partial charge in [-0.1, -0.05) is 29.5 Å². The number of halogens is 1. The molecular weight excluding hydrogens is 424 g/mol. The van der Waals surface area contributed by atoms with Crippen molar-refractivity contribution < 1.29 is 4.79 Å². The van der Waals surface area contributed by atoms with Crippen LogP contribution in [0.5, 0.6) is 0 Å². The number of nitrogens with one attached hydrogen (secondary N) is 2. The van der Waals surface area contributed by atoms with Crippen LogP contribution < -0.4 is 16.8 Å². The number of hydrogen-bond donors (Lipinski definition) is 4. The van der Waals surface area contributed by atoms with Crippen molar-refractivity contribution >= 4 is 40.1 Å². The molecule has 0 bridgehead atoms. The summed E-state index contributed by atoms with van der Waals surface area (Å²) in [6.45, 7) is 1.25. The standard InChI is InChI=1S/C24H23ClN6O/c25-18-7-6-17-14-29-22(26)20(21(17)13-18)8-3-15-1-4-16(5-2-15)23(32)31-11-9-19(10-12-31)30-24(27)28/h1-2,4-7,13-14,19H,9-12H2,(H2,26,29)(H4,27,28,30). The van der Waals surface area contributed by atoms with Crippen molar-refractivity contribution in [2.24, 2.45) is 5.73 Å². The fraction of sp³-hybridized carbons (Fsp3) is 0.208. The number of fused-ring (bicyclic) bond motifs is 1. The lowest BCUT2D eigenvalue weighted by Crippen LogP contribution is -2.48. The molecule has 162 valence electrons. The van der Waals surface area contributed by atoms with E-state index >= 15 is 0 Å². The topological polar surface area (TPSA) is 121 Å². The first kappa shape index (κ1) is 21.5. The van der Waals surface area contributed by atoms with Crippen LogP contribution in [-0.4, -0.2) is 40.9 Å². The Bertz CT molecular complexity index is 1230. The van der Waals surface area contributed by atoms with Gasteiger partial charge in [-0.2, -0.15) is 0 Å². The molecule has 0 saturated carbocycles. The Morgan fingerprint density at radius 1 is 1.16 bits per heavy atom. The molecule has 0 atom stereocenters. The van der Waals surface area contributed by atoms with E-state index in [1.54, 1.807) is 24.4 Å². The molecule has 0 spiro atoms. The van der Waals surface area contributed by atoms with E-state index in [0.717, 1.165) is 29.2 Å². The number of amides is 1. The van der Waals surface area contributed by atoms with Gasteiger partial charge in [-0.25, -0.2) is 4.98 Å². The number of anilines is 1. The number of pyridine rings is 1. The number of likely N-dealkylation sites (tertiary alicyclic amines) is 1. The Morgan fingerprint density at radius 3 is 2.56 bits per heavy atom. The van der Waals surface area contributed by atoms with Gasteiger partial charge in [0.1, 0.15) is 5.82 Å². The molecule has 2 heterocycles. The van der Waals surface area contributed by atoms with Crippen molar-refractivity contribution in [1.29, 1.82) is 5.41 Å². The van der Waals surface area contributed by atoms with Crippen LogP contribution in [-0.2, 0) is 0 Å². The van der Waals surface area contributed by atoms with E-state index in [9.17, 15) is 4.79 Å². The van der Waals surface area contributed by atoms with Crippen LogP contribution in [0.2, 0.25) is 5.02 Å². The van der Waals surface area contributed by atoms with Crippen molar-refractivity contribution in [3.8, 4) is 11.8 Å². The first-order valence-corrected chi connectivity index (χ1v) is 10.6. The Balaban J connectivity index is 1.48. The van der Waals surface area contributed by atoms with Gasteiger partial charge in [-0.15, -0.1) is 0 Å². The van der Waals surface area contributed by atoms with Crippen molar-refractivity contribution in [3.63, 3.8) is 0 Å². The molecule has 0 radical (unpaired) electrons. The Hall–Kier alpha value is -3.76. The van der Waals surface area contributed by atoms with Crippen molar-refractivity contribution in [2.45, 2.75) is 18.9 Å². The fourth-order valence-corrected chi connectivity index (χ4v) is 3.96. The maximum atomic E-state index is 12.8. The van der Waals surface area contributed by atoms with Crippen molar-refractivity contribution in [3.05, 3.63) is 70.4 Å². The number of aromatic nitrogens is 1. The molecule has 1 saturated heterocycles. The third-order valence-electron chi connectivity index (χ3n) is 5.49. The average Bonchev–Trinajstić information content (AvgIpc) is 2.78. The lowest BCUT2D eigenvalue weighted by molar-refractivity contribution is 0.0710. The number of nitrogen functional groups attached to an aromatic ring is 1. The quantitative estimate of drug-likeness (QED) is 0.274. The Morgan fingerprint density at radius 2 is 1.88 bits per heavy atom. The summed E-state index contributed by atoms with van der Waals surface area (Å²) in [4.78, 5) is 18.9. The molecule has 7 nitrogen and oxygen atoms in total. The number of carbonyl (C=O) groups is 1. The van der Waals surface area contributed by atoms with E-state index in [4.69, 9.17) is 28.5 Å². The summed E-state index contributed by atoms with van der Waals surface area (Å²) >= 11 is 6.14. The van der Waals surface area contributed by atoms with Gasteiger partial charge < -0.3 is 21.7 Å². The van der Waals surface area contributed by atoms with Crippen LogP contribution in [0.25, 0.3) is 10.8 Å². The third-order valence-corrected chi connectivity index (χ3v) is 5.72. The first-order chi connectivity index (χ1) is 15.4. The van der Waals surface area contributed by atoms with E-state index in [1.165, 1.54) is 0 Å². The molecular formula is C24H23ClN6O. The highest BCUT2D eigenvalue weighted by Gasteiger charge is 2.23. The monoisotopic (exact) mass is 446 g/mol. The van der Waals surface area contributed by atoms with Crippen molar-refractivity contribution in [2.75, 3.05) is 18.8 Å². The highest BCUT2D eigenvalue weighted by Crippen LogP contribution is 2.25. The van der Waals surface area contributed by atoms with Crippen LogP contribution in [0.4, 0.5) is 5.82 Å². The molecule has 4 rings (SSSR count). The number of piperidine rings is 1. The fourth-order valence-electron chi connectivity index (χ4n) is 3.79. The highest BCUT2D eigenvalue weighted by atomic mass is 35.5. The smallest absolute Gasteiger partial charge is 0.253 e. The summed E-state index contributed by atoms with van der Waals surface area (Å²) in [6.07, 6.45) is 3.23. The van der Waals surface area contributed by atoms with Gasteiger partial charge in [-0.05, 0) is 49.2 Å².